The van der Waals surface area contributed by atoms with E-state index in [-0.39, 0.29) is 11.9 Å². The number of hydrogen-bond acceptors (Lipinski definition) is 3. The highest BCUT2D eigenvalue weighted by Crippen LogP contribution is 2.22. The lowest BCUT2D eigenvalue weighted by atomic mass is 9.92. The van der Waals surface area contributed by atoms with Crippen LogP contribution in [0.3, 0.4) is 0 Å². The SMILES string of the molecule is Cc1ccnn1CCC(=O)N1CCC[C@H](O)[C@@H]1Cc1ccccc1. The summed E-state index contributed by atoms with van der Waals surface area (Å²) in [5.74, 6) is 0.101. The van der Waals surface area contributed by atoms with Gasteiger partial charge in [0.25, 0.3) is 0 Å². The number of amides is 1. The van der Waals surface area contributed by atoms with Crippen LogP contribution in [-0.4, -0.2) is 44.4 Å². The lowest BCUT2D eigenvalue weighted by molar-refractivity contribution is -0.139. The maximum atomic E-state index is 12.7. The van der Waals surface area contributed by atoms with Crippen molar-refractivity contribution in [3.63, 3.8) is 0 Å². The quantitative estimate of drug-likeness (QED) is 0.916. The molecule has 1 aliphatic heterocycles. The highest BCUT2D eigenvalue weighted by atomic mass is 16.3. The lowest BCUT2D eigenvalue weighted by Gasteiger charge is -2.39. The van der Waals surface area contributed by atoms with Gasteiger partial charge in [0.15, 0.2) is 0 Å². The number of likely N-dealkylation sites (tertiary alicyclic amines) is 1. The normalized spacial score (nSPS) is 21.0. The summed E-state index contributed by atoms with van der Waals surface area (Å²) in [5, 5.41) is 14.7. The van der Waals surface area contributed by atoms with Gasteiger partial charge in [-0.1, -0.05) is 30.3 Å². The molecule has 1 aromatic heterocycles. The number of benzene rings is 1. The predicted molar refractivity (Wildman–Crippen MR) is 92.5 cm³/mol. The van der Waals surface area contributed by atoms with Gasteiger partial charge in [-0.15, -0.1) is 0 Å². The highest BCUT2D eigenvalue weighted by molar-refractivity contribution is 5.76. The van der Waals surface area contributed by atoms with Crippen LogP contribution in [0.2, 0.25) is 0 Å². The molecule has 0 spiro atoms. The summed E-state index contributed by atoms with van der Waals surface area (Å²) in [6.45, 7) is 3.30. The van der Waals surface area contributed by atoms with Crippen molar-refractivity contribution >= 4 is 5.91 Å². The Morgan fingerprint density at radius 2 is 2.08 bits per heavy atom. The molecule has 0 radical (unpaired) electrons. The third-order valence-corrected chi connectivity index (χ3v) is 4.82. The molecule has 1 N–H and O–H groups in total. The molecule has 5 heteroatoms. The number of carbonyl (C=O) groups excluding carboxylic acids is 1. The molecule has 1 fully saturated rings. The van der Waals surface area contributed by atoms with E-state index < -0.39 is 6.10 Å². The molecular weight excluding hydrogens is 302 g/mol. The lowest BCUT2D eigenvalue weighted by Crippen LogP contribution is -2.52. The third-order valence-electron chi connectivity index (χ3n) is 4.82. The van der Waals surface area contributed by atoms with Gasteiger partial charge >= 0.3 is 0 Å². The van der Waals surface area contributed by atoms with E-state index in [1.54, 1.807) is 6.20 Å². The van der Waals surface area contributed by atoms with E-state index in [4.69, 9.17) is 0 Å². The Morgan fingerprint density at radius 3 is 2.79 bits per heavy atom. The monoisotopic (exact) mass is 327 g/mol. The van der Waals surface area contributed by atoms with Crippen molar-refractivity contribution in [3.05, 3.63) is 53.9 Å². The summed E-state index contributed by atoms with van der Waals surface area (Å²) >= 11 is 0. The van der Waals surface area contributed by atoms with Crippen molar-refractivity contribution in [3.8, 4) is 0 Å². The number of aliphatic hydroxyl groups is 1. The predicted octanol–water partition coefficient (Wildman–Crippen LogP) is 2.18. The first-order valence-corrected chi connectivity index (χ1v) is 8.65. The molecule has 1 aromatic carbocycles. The number of nitrogens with zero attached hydrogens (tertiary/aromatic N) is 3. The Kier molecular flexibility index (Phi) is 5.30. The fraction of sp³-hybridized carbons (Fsp3) is 0.474. The zero-order chi connectivity index (χ0) is 16.9. The second kappa shape index (κ2) is 7.62. The third kappa shape index (κ3) is 3.85. The van der Waals surface area contributed by atoms with E-state index in [1.165, 1.54) is 0 Å². The standard InChI is InChI=1S/C19H25N3O2/c1-15-9-11-20-22(15)13-10-19(24)21-12-5-8-18(23)17(21)14-16-6-3-2-4-7-16/h2-4,6-7,9,11,17-18,23H,5,8,10,12-14H2,1H3/t17-,18-/m0/s1. The van der Waals surface area contributed by atoms with E-state index in [0.29, 0.717) is 19.4 Å². The van der Waals surface area contributed by atoms with Crippen molar-refractivity contribution < 1.29 is 9.90 Å². The van der Waals surface area contributed by atoms with Gasteiger partial charge in [0.1, 0.15) is 0 Å². The fourth-order valence-corrected chi connectivity index (χ4v) is 3.43. The number of hydrogen-bond donors (Lipinski definition) is 1. The van der Waals surface area contributed by atoms with Crippen molar-refractivity contribution in [2.45, 2.75) is 51.3 Å². The van der Waals surface area contributed by atoms with E-state index in [9.17, 15) is 9.90 Å². The highest BCUT2D eigenvalue weighted by Gasteiger charge is 2.32. The molecule has 0 bridgehead atoms. The van der Waals surface area contributed by atoms with E-state index >= 15 is 0 Å². The molecule has 0 saturated carbocycles. The van der Waals surface area contributed by atoms with Gasteiger partial charge in [0.05, 0.1) is 12.1 Å². The molecule has 1 saturated heterocycles. The number of rotatable bonds is 5. The van der Waals surface area contributed by atoms with Crippen LogP contribution in [0, 0.1) is 6.92 Å². The van der Waals surface area contributed by atoms with Gasteiger partial charge in [0, 0.05) is 31.4 Å². The summed E-state index contributed by atoms with van der Waals surface area (Å²) in [4.78, 5) is 14.6. The minimum atomic E-state index is -0.450. The molecule has 128 valence electrons. The average molecular weight is 327 g/mol. The molecule has 2 atom stereocenters. The summed E-state index contributed by atoms with van der Waals surface area (Å²) in [6, 6.07) is 11.9. The topological polar surface area (TPSA) is 58.4 Å². The Hall–Kier alpha value is -2.14. The maximum Gasteiger partial charge on any atom is 0.224 e. The van der Waals surface area contributed by atoms with Crippen LogP contribution in [-0.2, 0) is 17.8 Å². The molecule has 24 heavy (non-hydrogen) atoms. The van der Waals surface area contributed by atoms with Crippen LogP contribution < -0.4 is 0 Å². The molecular formula is C19H25N3O2. The minimum Gasteiger partial charge on any atom is -0.391 e. The van der Waals surface area contributed by atoms with Crippen LogP contribution in [0.4, 0.5) is 0 Å². The van der Waals surface area contributed by atoms with E-state index in [1.807, 2.05) is 40.8 Å². The number of piperidine rings is 1. The van der Waals surface area contributed by atoms with Crippen molar-refractivity contribution in [2.24, 2.45) is 0 Å². The van der Waals surface area contributed by atoms with Crippen LogP contribution >= 0.6 is 0 Å². The van der Waals surface area contributed by atoms with Gasteiger partial charge < -0.3 is 10.0 Å². The number of carbonyl (C=O) groups is 1. The van der Waals surface area contributed by atoms with Crippen molar-refractivity contribution in [1.29, 1.82) is 0 Å². The molecule has 2 heterocycles. The molecule has 1 amide bonds. The van der Waals surface area contributed by atoms with Gasteiger partial charge in [-0.05, 0) is 37.8 Å². The summed E-state index contributed by atoms with van der Waals surface area (Å²) in [7, 11) is 0. The maximum absolute atomic E-state index is 12.7. The first-order valence-electron chi connectivity index (χ1n) is 8.65. The summed E-state index contributed by atoms with van der Waals surface area (Å²) in [6.07, 6.45) is 4.05. The molecule has 0 aliphatic carbocycles. The number of aryl methyl sites for hydroxylation is 2. The fourth-order valence-electron chi connectivity index (χ4n) is 3.43. The average Bonchev–Trinajstić information content (AvgIpc) is 3.00. The molecule has 0 unspecified atom stereocenters. The molecule has 5 nitrogen and oxygen atoms in total. The van der Waals surface area contributed by atoms with Crippen LogP contribution in [0.25, 0.3) is 0 Å². The summed E-state index contributed by atoms with van der Waals surface area (Å²) < 4.78 is 1.85. The van der Waals surface area contributed by atoms with Gasteiger partial charge in [-0.2, -0.15) is 5.10 Å². The van der Waals surface area contributed by atoms with E-state index in [2.05, 4.69) is 17.2 Å². The number of aliphatic hydroxyl groups excluding tert-OH is 1. The first kappa shape index (κ1) is 16.7. The van der Waals surface area contributed by atoms with Gasteiger partial charge in [0.2, 0.25) is 5.91 Å². The van der Waals surface area contributed by atoms with Crippen LogP contribution in [0.15, 0.2) is 42.6 Å². The molecule has 3 rings (SSSR count). The zero-order valence-corrected chi connectivity index (χ0v) is 14.1. The Morgan fingerprint density at radius 1 is 1.29 bits per heavy atom. The van der Waals surface area contributed by atoms with Gasteiger partial charge in [-0.3, -0.25) is 9.48 Å². The second-order valence-corrected chi connectivity index (χ2v) is 6.50. The molecule has 1 aliphatic rings. The minimum absolute atomic E-state index is 0.101. The van der Waals surface area contributed by atoms with E-state index in [0.717, 1.165) is 30.6 Å². The molecule has 2 aromatic rings. The Bertz CT molecular complexity index is 668. The Balaban J connectivity index is 1.66. The van der Waals surface area contributed by atoms with Crippen molar-refractivity contribution in [2.75, 3.05) is 6.54 Å². The first-order chi connectivity index (χ1) is 11.6. The second-order valence-electron chi connectivity index (χ2n) is 6.50. The zero-order valence-electron chi connectivity index (χ0n) is 14.1. The summed E-state index contributed by atoms with van der Waals surface area (Å²) in [5.41, 5.74) is 2.21. The van der Waals surface area contributed by atoms with Crippen molar-refractivity contribution in [1.82, 2.24) is 14.7 Å². The largest absolute Gasteiger partial charge is 0.391 e. The van der Waals surface area contributed by atoms with Crippen LogP contribution in [0.5, 0.6) is 0 Å². The Labute approximate surface area is 142 Å². The van der Waals surface area contributed by atoms with Gasteiger partial charge in [-0.25, -0.2) is 0 Å². The number of aromatic nitrogens is 2. The van der Waals surface area contributed by atoms with Crippen LogP contribution in [0.1, 0.15) is 30.5 Å². The smallest absolute Gasteiger partial charge is 0.224 e.